The molecule has 0 spiro atoms. The average Bonchev–Trinajstić information content (AvgIpc) is 3.50. The molecule has 0 amide bonds. The predicted octanol–water partition coefficient (Wildman–Crippen LogP) is 13.9. The van der Waals surface area contributed by atoms with E-state index in [1.807, 2.05) is 18.2 Å². The first-order chi connectivity index (χ1) is 27.0. The van der Waals surface area contributed by atoms with Gasteiger partial charge in [-0.25, -0.2) is 9.97 Å². The Hall–Kier alpha value is -6.90. The first-order valence-electron chi connectivity index (χ1n) is 19.0. The van der Waals surface area contributed by atoms with Crippen molar-refractivity contribution in [3.05, 3.63) is 205 Å². The minimum absolute atomic E-state index is 0.0703. The van der Waals surface area contributed by atoms with Crippen molar-refractivity contribution in [2.75, 3.05) is 0 Å². The van der Waals surface area contributed by atoms with Gasteiger partial charge in [0.05, 0.1) is 11.4 Å². The molecule has 10 rings (SSSR count). The van der Waals surface area contributed by atoms with Gasteiger partial charge in [-0.15, -0.1) is 0 Å². The zero-order valence-corrected chi connectivity index (χ0v) is 30.9. The van der Waals surface area contributed by atoms with Crippen LogP contribution >= 0.6 is 0 Å². The summed E-state index contributed by atoms with van der Waals surface area (Å²) in [7, 11) is 0. The minimum atomic E-state index is -0.0703. The van der Waals surface area contributed by atoms with Gasteiger partial charge in [0.1, 0.15) is 0 Å². The molecule has 0 atom stereocenters. The first kappa shape index (κ1) is 32.7. The Labute approximate surface area is 322 Å². The molecule has 1 aromatic heterocycles. The molecule has 2 nitrogen and oxygen atoms in total. The van der Waals surface area contributed by atoms with Crippen molar-refractivity contribution in [1.29, 1.82) is 0 Å². The van der Waals surface area contributed by atoms with Crippen LogP contribution in [0.5, 0.6) is 0 Å². The van der Waals surface area contributed by atoms with Gasteiger partial charge < -0.3 is 0 Å². The third-order valence-electron chi connectivity index (χ3n) is 11.3. The summed E-state index contributed by atoms with van der Waals surface area (Å²) in [6.45, 7) is 4.71. The van der Waals surface area contributed by atoms with Gasteiger partial charge in [0.15, 0.2) is 5.82 Å². The van der Waals surface area contributed by atoms with Crippen LogP contribution in [0.4, 0.5) is 0 Å². The van der Waals surface area contributed by atoms with E-state index in [9.17, 15) is 0 Å². The van der Waals surface area contributed by atoms with E-state index >= 15 is 0 Å². The van der Waals surface area contributed by atoms with E-state index in [1.165, 1.54) is 55.5 Å². The van der Waals surface area contributed by atoms with Crippen LogP contribution < -0.4 is 0 Å². The summed E-state index contributed by atoms with van der Waals surface area (Å²) in [5.74, 6) is 0.709. The smallest absolute Gasteiger partial charge is 0.160 e. The largest absolute Gasteiger partial charge is 0.228 e. The van der Waals surface area contributed by atoms with Gasteiger partial charge in [-0.2, -0.15) is 0 Å². The number of rotatable bonds is 6. The van der Waals surface area contributed by atoms with Crippen molar-refractivity contribution < 1.29 is 0 Å². The van der Waals surface area contributed by atoms with E-state index in [2.05, 4.69) is 190 Å². The zero-order chi connectivity index (χ0) is 36.9. The molecule has 0 saturated heterocycles. The maximum absolute atomic E-state index is 5.22. The Bertz CT molecular complexity index is 2870. The second-order valence-electron chi connectivity index (χ2n) is 15.0. The molecule has 0 bridgehead atoms. The third-order valence-corrected chi connectivity index (χ3v) is 11.3. The molecule has 0 fully saturated rings. The Morgan fingerprint density at radius 1 is 0.327 bits per heavy atom. The van der Waals surface area contributed by atoms with E-state index in [0.29, 0.717) is 5.82 Å². The monoisotopic (exact) mass is 702 g/mol. The maximum atomic E-state index is 5.22. The molecule has 55 heavy (non-hydrogen) atoms. The van der Waals surface area contributed by atoms with Crippen LogP contribution in [-0.2, 0) is 5.41 Å². The van der Waals surface area contributed by atoms with Gasteiger partial charge in [0.2, 0.25) is 0 Å². The molecule has 0 radical (unpaired) electrons. The highest BCUT2D eigenvalue weighted by atomic mass is 14.9. The highest BCUT2D eigenvalue weighted by Crippen LogP contribution is 2.52. The topological polar surface area (TPSA) is 25.8 Å². The van der Waals surface area contributed by atoms with E-state index in [4.69, 9.17) is 9.97 Å². The van der Waals surface area contributed by atoms with E-state index < -0.39 is 0 Å². The van der Waals surface area contributed by atoms with E-state index in [1.54, 1.807) is 0 Å². The second-order valence-corrected chi connectivity index (χ2v) is 15.0. The lowest BCUT2D eigenvalue weighted by Gasteiger charge is -2.24. The van der Waals surface area contributed by atoms with Crippen LogP contribution in [0.2, 0.25) is 0 Å². The molecule has 1 aliphatic rings. The lowest BCUT2D eigenvalue weighted by molar-refractivity contribution is 0.662. The van der Waals surface area contributed by atoms with Crippen molar-refractivity contribution in [1.82, 2.24) is 9.97 Å². The Balaban J connectivity index is 1.07. The third kappa shape index (κ3) is 5.66. The Morgan fingerprint density at radius 3 is 1.62 bits per heavy atom. The number of aromatic nitrogens is 2. The fraction of sp³-hybridized carbons (Fsp3) is 0.0566. The molecule has 0 saturated carbocycles. The van der Waals surface area contributed by atoms with Crippen molar-refractivity contribution >= 4 is 10.8 Å². The quantitative estimate of drug-likeness (QED) is 0.172. The maximum Gasteiger partial charge on any atom is 0.160 e. The summed E-state index contributed by atoms with van der Waals surface area (Å²) in [6, 6.07) is 69.5. The van der Waals surface area contributed by atoms with Gasteiger partial charge in [-0.3, -0.25) is 0 Å². The fourth-order valence-electron chi connectivity index (χ4n) is 8.63. The molecule has 9 aromatic rings. The predicted molar refractivity (Wildman–Crippen MR) is 230 cm³/mol. The van der Waals surface area contributed by atoms with Gasteiger partial charge in [-0.05, 0) is 78.5 Å². The van der Waals surface area contributed by atoms with Crippen LogP contribution in [0.15, 0.2) is 194 Å². The molecule has 2 heteroatoms. The lowest BCUT2D eigenvalue weighted by atomic mass is 9.79. The molecular formula is C53H38N2. The molecule has 0 aliphatic heterocycles. The molecular weight excluding hydrogens is 665 g/mol. The van der Waals surface area contributed by atoms with Crippen molar-refractivity contribution in [3.63, 3.8) is 0 Å². The van der Waals surface area contributed by atoms with Crippen molar-refractivity contribution in [2.45, 2.75) is 19.3 Å². The summed E-state index contributed by atoms with van der Waals surface area (Å²) >= 11 is 0. The summed E-state index contributed by atoms with van der Waals surface area (Å²) in [6.07, 6.45) is 0. The second kappa shape index (κ2) is 13.2. The Morgan fingerprint density at radius 2 is 0.855 bits per heavy atom. The summed E-state index contributed by atoms with van der Waals surface area (Å²) < 4.78 is 0. The number of hydrogen-bond donors (Lipinski definition) is 0. The van der Waals surface area contributed by atoms with Crippen molar-refractivity contribution in [2.24, 2.45) is 0 Å². The number of nitrogens with zero attached hydrogens (tertiary/aromatic N) is 2. The molecule has 260 valence electrons. The summed E-state index contributed by atoms with van der Waals surface area (Å²) in [5, 5.41) is 2.35. The number of fused-ring (bicyclic) bond motifs is 4. The minimum Gasteiger partial charge on any atom is -0.228 e. The molecule has 1 aliphatic carbocycles. The fourth-order valence-corrected chi connectivity index (χ4v) is 8.63. The highest BCUT2D eigenvalue weighted by Gasteiger charge is 2.37. The number of hydrogen-bond acceptors (Lipinski definition) is 2. The van der Waals surface area contributed by atoms with Crippen molar-refractivity contribution in [3.8, 4) is 78.4 Å². The first-order valence-corrected chi connectivity index (χ1v) is 19.0. The molecule has 0 N–H and O–H groups in total. The zero-order valence-electron chi connectivity index (χ0n) is 30.9. The normalized spacial score (nSPS) is 12.7. The summed E-state index contributed by atoms with van der Waals surface area (Å²) in [4.78, 5) is 10.4. The Kier molecular flexibility index (Phi) is 7.85. The van der Waals surface area contributed by atoms with Gasteiger partial charge in [0.25, 0.3) is 0 Å². The summed E-state index contributed by atoms with van der Waals surface area (Å²) in [5.41, 5.74) is 17.6. The van der Waals surface area contributed by atoms with Crippen LogP contribution in [0.25, 0.3) is 89.2 Å². The van der Waals surface area contributed by atoms with Crippen LogP contribution in [0.3, 0.4) is 0 Å². The SMILES string of the molecule is CC1(C)c2ccccc2-c2cccc(-c3ccc(-c4ccc(-c5cc(-c6cccc(-c7ccccc7)c6)nc(-c6ccccc6)n5)c5ccccc45)cc3)c21. The van der Waals surface area contributed by atoms with E-state index in [0.717, 1.165) is 39.0 Å². The van der Waals surface area contributed by atoms with Crippen LogP contribution in [0.1, 0.15) is 25.0 Å². The van der Waals surface area contributed by atoms with Gasteiger partial charge in [0, 0.05) is 22.1 Å². The molecule has 1 heterocycles. The standard InChI is InChI=1S/C53H38N2/c1-53(2)48-26-12-11-23-45(48)47-25-14-24-42(51(47)53)37-29-27-36(28-30-37)41-31-32-46(44-22-10-9-21-43(41)44)50-34-49(54-52(55-50)38-17-7-4-8-18-38)40-20-13-19-39(33-40)35-15-5-3-6-16-35/h3-34H,1-2H3. The van der Waals surface area contributed by atoms with Crippen LogP contribution in [-0.4, -0.2) is 9.97 Å². The van der Waals surface area contributed by atoms with E-state index in [-0.39, 0.29) is 5.41 Å². The van der Waals surface area contributed by atoms with Gasteiger partial charge >= 0.3 is 0 Å². The average molecular weight is 703 g/mol. The molecule has 0 unspecified atom stereocenters. The highest BCUT2D eigenvalue weighted by molar-refractivity contribution is 6.05. The number of benzene rings is 8. The van der Waals surface area contributed by atoms with Crippen LogP contribution in [0, 0.1) is 0 Å². The molecule has 8 aromatic carbocycles. The van der Waals surface area contributed by atoms with Gasteiger partial charge in [-0.1, -0.05) is 196 Å². The lowest BCUT2D eigenvalue weighted by Crippen LogP contribution is -2.16.